The Morgan fingerprint density at radius 1 is 1.06 bits per heavy atom. The summed E-state index contributed by atoms with van der Waals surface area (Å²) in [5.74, 6) is -2.43. The number of thiazole rings is 2. The van der Waals surface area contributed by atoms with Crippen molar-refractivity contribution in [3.8, 4) is 27.2 Å². The van der Waals surface area contributed by atoms with Crippen molar-refractivity contribution in [3.63, 3.8) is 0 Å². The van der Waals surface area contributed by atoms with Gasteiger partial charge in [-0.15, -0.1) is 22.7 Å². The molecule has 4 aliphatic rings. The molecule has 0 aromatic carbocycles. The molecule has 288 valence electrons. The van der Waals surface area contributed by atoms with E-state index >= 15 is 0 Å². The highest BCUT2D eigenvalue weighted by molar-refractivity contribution is 7.91. The lowest BCUT2D eigenvalue weighted by Crippen LogP contribution is -2.59. The Morgan fingerprint density at radius 3 is 2.31 bits per heavy atom. The van der Waals surface area contributed by atoms with Crippen molar-refractivity contribution in [1.82, 2.24) is 35.2 Å². The van der Waals surface area contributed by atoms with Gasteiger partial charge in [0.25, 0.3) is 5.91 Å². The molecule has 4 amide bonds. The number of hydrogen-bond acceptors (Lipinski definition) is 12. The van der Waals surface area contributed by atoms with Crippen LogP contribution in [0.25, 0.3) is 21.4 Å². The van der Waals surface area contributed by atoms with Gasteiger partial charge in [-0.2, -0.15) is 0 Å². The molecular formula is C36H43N7O8S3. The number of fused-ring (bicyclic) bond motifs is 2. The standard InChI is InChI=1S/C36H43N7O8S3/c1-20-6-4-5-7-22-18-36(22,33(46)42-54(49,50)35(3)8-9-35)41-29(44)27-17-24(19-43(27)32(45)28(21(2)14-20)40-34(47)48)51-23-15-25(30-37-10-12-52-30)39-26(16-23)31-38-11-13-53-31/h5,7,10-13,15-16,20-22,24,27-28,40H,4,6,8-9,14,17-19H2,1-3H3,(H,41,44)(H,42,46)(H,47,48)/t20-,21+,22+,24+,27-,28-,36+/m0/s1. The zero-order chi connectivity index (χ0) is 38.4. The molecule has 0 unspecified atom stereocenters. The zero-order valence-electron chi connectivity index (χ0n) is 30.1. The summed E-state index contributed by atoms with van der Waals surface area (Å²) in [5, 5.41) is 20.1. The monoisotopic (exact) mass is 797 g/mol. The van der Waals surface area contributed by atoms with Crippen molar-refractivity contribution < 1.29 is 37.4 Å². The highest BCUT2D eigenvalue weighted by Crippen LogP contribution is 2.47. The maximum Gasteiger partial charge on any atom is 0.405 e. The normalized spacial score (nSPS) is 29.5. The molecule has 2 aliphatic heterocycles. The van der Waals surface area contributed by atoms with Crippen molar-refractivity contribution in [2.75, 3.05) is 6.54 Å². The van der Waals surface area contributed by atoms with E-state index < -0.39 is 74.1 Å². The molecule has 18 heteroatoms. The summed E-state index contributed by atoms with van der Waals surface area (Å²) in [6.45, 7) is 5.36. The first-order valence-corrected chi connectivity index (χ1v) is 21.3. The molecule has 2 saturated carbocycles. The molecule has 7 atom stereocenters. The molecule has 3 aromatic heterocycles. The van der Waals surface area contributed by atoms with Gasteiger partial charge in [0.1, 0.15) is 50.9 Å². The molecule has 7 rings (SSSR count). The number of carbonyl (C=O) groups is 4. The van der Waals surface area contributed by atoms with Crippen LogP contribution in [-0.4, -0.2) is 92.2 Å². The molecule has 3 fully saturated rings. The summed E-state index contributed by atoms with van der Waals surface area (Å²) in [4.78, 5) is 69.6. The Bertz CT molecular complexity index is 2000. The van der Waals surface area contributed by atoms with E-state index in [2.05, 4.69) is 25.3 Å². The fourth-order valence-electron chi connectivity index (χ4n) is 7.41. The van der Waals surface area contributed by atoms with Crippen LogP contribution in [0, 0.1) is 17.8 Å². The van der Waals surface area contributed by atoms with Crippen molar-refractivity contribution in [3.05, 3.63) is 47.4 Å². The molecule has 5 heterocycles. The summed E-state index contributed by atoms with van der Waals surface area (Å²) >= 11 is 2.81. The maximum absolute atomic E-state index is 14.5. The van der Waals surface area contributed by atoms with E-state index in [1.165, 1.54) is 27.6 Å². The second-order valence-corrected chi connectivity index (χ2v) is 19.1. The number of pyridine rings is 1. The first-order chi connectivity index (χ1) is 25.7. The number of carbonyl (C=O) groups excluding carboxylic acids is 3. The van der Waals surface area contributed by atoms with Gasteiger partial charge < -0.3 is 25.4 Å². The topological polar surface area (TPSA) is 210 Å². The van der Waals surface area contributed by atoms with Gasteiger partial charge in [0.2, 0.25) is 21.8 Å². The van der Waals surface area contributed by atoms with Gasteiger partial charge in [0, 0.05) is 47.6 Å². The van der Waals surface area contributed by atoms with Crippen LogP contribution in [0.4, 0.5) is 4.79 Å². The van der Waals surface area contributed by atoms with Crippen LogP contribution < -0.4 is 20.1 Å². The summed E-state index contributed by atoms with van der Waals surface area (Å²) in [7, 11) is -4.01. The molecule has 1 saturated heterocycles. The Morgan fingerprint density at radius 2 is 1.72 bits per heavy atom. The van der Waals surface area contributed by atoms with E-state index in [1.54, 1.807) is 31.5 Å². The predicted molar refractivity (Wildman–Crippen MR) is 201 cm³/mol. The predicted octanol–water partition coefficient (Wildman–Crippen LogP) is 4.20. The van der Waals surface area contributed by atoms with E-state index in [-0.39, 0.29) is 25.3 Å². The lowest BCUT2D eigenvalue weighted by molar-refractivity contribution is -0.142. The summed E-state index contributed by atoms with van der Waals surface area (Å²) in [6.07, 6.45) is 7.99. The summed E-state index contributed by atoms with van der Waals surface area (Å²) in [5.41, 5.74) is -0.439. The Labute approximate surface area is 321 Å². The van der Waals surface area contributed by atoms with Crippen LogP contribution in [-0.2, 0) is 24.4 Å². The molecule has 0 radical (unpaired) electrons. The Hall–Kier alpha value is -4.42. The van der Waals surface area contributed by atoms with Gasteiger partial charge in [-0.1, -0.05) is 26.0 Å². The minimum Gasteiger partial charge on any atom is -0.488 e. The molecule has 54 heavy (non-hydrogen) atoms. The third-order valence-electron chi connectivity index (χ3n) is 10.9. The van der Waals surface area contributed by atoms with Gasteiger partial charge in [-0.05, 0) is 57.3 Å². The van der Waals surface area contributed by atoms with Crippen LogP contribution in [0.15, 0.2) is 47.4 Å². The highest BCUT2D eigenvalue weighted by Gasteiger charge is 2.63. The van der Waals surface area contributed by atoms with Crippen LogP contribution in [0.3, 0.4) is 0 Å². The average Bonchev–Trinajstić information content (AvgIpc) is 3.68. The number of hydrogen-bond donors (Lipinski definition) is 4. The van der Waals surface area contributed by atoms with Crippen LogP contribution in [0.1, 0.15) is 65.7 Å². The van der Waals surface area contributed by atoms with Crippen molar-refractivity contribution in [1.29, 1.82) is 0 Å². The van der Waals surface area contributed by atoms with Gasteiger partial charge in [0.05, 0.1) is 11.3 Å². The Kier molecular flexibility index (Phi) is 10.3. The third-order valence-corrected chi connectivity index (χ3v) is 14.7. The average molecular weight is 798 g/mol. The molecule has 0 spiro atoms. The quantitative estimate of drug-likeness (QED) is 0.238. The summed E-state index contributed by atoms with van der Waals surface area (Å²) in [6, 6.07) is 1.13. The smallest absolute Gasteiger partial charge is 0.405 e. The number of rotatable bonds is 8. The highest BCUT2D eigenvalue weighted by atomic mass is 32.2. The van der Waals surface area contributed by atoms with Crippen molar-refractivity contribution >= 4 is 56.5 Å². The van der Waals surface area contributed by atoms with Crippen LogP contribution in [0.5, 0.6) is 5.75 Å². The van der Waals surface area contributed by atoms with Gasteiger partial charge in [-0.25, -0.2) is 28.2 Å². The largest absolute Gasteiger partial charge is 0.488 e. The maximum atomic E-state index is 14.5. The first-order valence-electron chi connectivity index (χ1n) is 18.0. The number of carboxylic acid groups (broad SMARTS) is 1. The van der Waals surface area contributed by atoms with E-state index in [9.17, 15) is 32.7 Å². The van der Waals surface area contributed by atoms with Crippen LogP contribution >= 0.6 is 22.7 Å². The minimum absolute atomic E-state index is 0.0121. The lowest BCUT2D eigenvalue weighted by atomic mass is 9.88. The number of sulfonamides is 1. The van der Waals surface area contributed by atoms with Crippen molar-refractivity contribution in [2.24, 2.45) is 17.8 Å². The van der Waals surface area contributed by atoms with Gasteiger partial charge in [-0.3, -0.25) is 19.1 Å². The number of nitrogens with one attached hydrogen (secondary N) is 3. The molecule has 15 nitrogen and oxygen atoms in total. The van der Waals surface area contributed by atoms with E-state index in [0.717, 1.165) is 6.42 Å². The molecule has 3 aromatic rings. The minimum atomic E-state index is -4.01. The lowest BCUT2D eigenvalue weighted by Gasteiger charge is -2.32. The number of allylic oxidation sites excluding steroid dienone is 1. The zero-order valence-corrected chi connectivity index (χ0v) is 32.5. The van der Waals surface area contributed by atoms with Crippen LogP contribution in [0.2, 0.25) is 0 Å². The van der Waals surface area contributed by atoms with Gasteiger partial charge in [0.15, 0.2) is 0 Å². The second-order valence-electron chi connectivity index (χ2n) is 15.1. The molecular weight excluding hydrogens is 755 g/mol. The molecule has 4 N–H and O–H groups in total. The second kappa shape index (κ2) is 14.7. The summed E-state index contributed by atoms with van der Waals surface area (Å²) < 4.78 is 34.0. The first kappa shape index (κ1) is 37.9. The fraction of sp³-hybridized carbons (Fsp3) is 0.528. The fourth-order valence-corrected chi connectivity index (χ4v) is 9.92. The van der Waals surface area contributed by atoms with E-state index in [0.29, 0.717) is 52.8 Å². The molecule has 2 aliphatic carbocycles. The number of nitrogens with zero attached hydrogens (tertiary/aromatic N) is 4. The number of ether oxygens (including phenoxy) is 1. The van der Waals surface area contributed by atoms with Gasteiger partial charge >= 0.3 is 6.09 Å². The van der Waals surface area contributed by atoms with Crippen molar-refractivity contribution in [2.45, 2.75) is 94.2 Å². The van der Waals surface area contributed by atoms with E-state index in [4.69, 9.17) is 9.72 Å². The number of aromatic nitrogens is 3. The molecule has 0 bridgehead atoms. The number of amides is 4. The van der Waals surface area contributed by atoms with E-state index in [1.807, 2.05) is 36.8 Å². The Balaban J connectivity index is 1.22. The third kappa shape index (κ3) is 7.73. The SMILES string of the molecule is C[C@H]1CCC=C[C@@H]2C[C@@]2(C(=O)NS(=O)(=O)C2(C)CC2)NC(=O)[C@@H]2C[C@@H](Oc3cc(-c4nccs4)nc(-c4nccs4)c3)CN2C(=O)[C@@H](NC(=O)O)[C@H](C)C1.